The largest absolute Gasteiger partial charge is 0.472 e. The molecule has 9 atom stereocenters. The monoisotopic (exact) mass is 846 g/mol. The van der Waals surface area contributed by atoms with Gasteiger partial charge in [0.2, 0.25) is 0 Å². The van der Waals surface area contributed by atoms with E-state index in [2.05, 4.69) is 38.2 Å². The SMILES string of the molecule is CC/C=C/C/C=C/C=C/C(O)CCCCCCCC(=O)O[C@H](COC(=O)CCCCCCC/C=C\CCCCCC)COP(=O)(O)OC1[C@H](O)[C@H](O)C(O)[C@H](O)[C@H]1O. The molecule has 7 N–H and O–H groups in total. The van der Waals surface area contributed by atoms with Crippen molar-refractivity contribution in [2.75, 3.05) is 13.2 Å². The molecule has 58 heavy (non-hydrogen) atoms. The van der Waals surface area contributed by atoms with Crippen LogP contribution in [0.3, 0.4) is 0 Å². The maximum Gasteiger partial charge on any atom is 0.472 e. The van der Waals surface area contributed by atoms with Gasteiger partial charge in [0.25, 0.3) is 0 Å². The molecule has 0 aromatic rings. The molecule has 0 aromatic heterocycles. The van der Waals surface area contributed by atoms with Crippen molar-refractivity contribution < 1.29 is 68.2 Å². The van der Waals surface area contributed by atoms with Gasteiger partial charge in [0.1, 0.15) is 43.2 Å². The molecule has 15 heteroatoms. The number of rotatable bonds is 34. The number of aliphatic hydroxyl groups is 6. The number of allylic oxidation sites excluding steroid dienone is 7. The number of carbonyl (C=O) groups is 2. The normalized spacial score (nSPS) is 23.5. The second kappa shape index (κ2) is 33.5. The average Bonchev–Trinajstić information content (AvgIpc) is 3.20. The summed E-state index contributed by atoms with van der Waals surface area (Å²) in [5, 5.41) is 60.2. The predicted octanol–water partition coefficient (Wildman–Crippen LogP) is 6.58. The first-order chi connectivity index (χ1) is 27.8. The highest BCUT2D eigenvalue weighted by Crippen LogP contribution is 2.47. The molecule has 1 saturated carbocycles. The molecule has 0 radical (unpaired) electrons. The summed E-state index contributed by atoms with van der Waals surface area (Å²) in [6.45, 7) is 3.04. The maximum absolute atomic E-state index is 12.8. The number of esters is 2. The Morgan fingerprint density at radius 3 is 1.81 bits per heavy atom. The summed E-state index contributed by atoms with van der Waals surface area (Å²) in [4.78, 5) is 35.6. The molecule has 1 rings (SSSR count). The molecule has 4 unspecified atom stereocenters. The van der Waals surface area contributed by atoms with Crippen LogP contribution in [0.5, 0.6) is 0 Å². The molecule has 0 heterocycles. The van der Waals surface area contributed by atoms with Gasteiger partial charge in [0.05, 0.1) is 12.7 Å². The quantitative estimate of drug-likeness (QED) is 0.0119. The standard InChI is InChI=1S/C43H75O14P/c1-3-5-7-9-11-12-13-14-15-16-18-22-26-30-36(45)54-32-35(33-55-58(52,53)57-43-41(50)39(48)38(47)40(49)42(43)51)56-37(46)31-27-23-19-21-25-29-34(44)28-24-20-17-10-8-6-4-2/h6,8,12-13,17,20,24,28,34-35,38-44,47-51H,3-5,7,9-11,14-16,18-19,21-23,25-27,29-33H2,1-2H3,(H,52,53)/b8-6+,13-12-,20-17+,28-24+/t34?,35-,38?,39-,40+,41-,42-,43?/m1/s1. The van der Waals surface area contributed by atoms with E-state index in [1.807, 2.05) is 18.2 Å². The van der Waals surface area contributed by atoms with E-state index >= 15 is 0 Å². The van der Waals surface area contributed by atoms with Gasteiger partial charge >= 0.3 is 19.8 Å². The second-order valence-electron chi connectivity index (χ2n) is 15.0. The van der Waals surface area contributed by atoms with Crippen molar-refractivity contribution in [3.63, 3.8) is 0 Å². The molecule has 14 nitrogen and oxygen atoms in total. The summed E-state index contributed by atoms with van der Waals surface area (Å²) in [5.74, 6) is -1.19. The highest BCUT2D eigenvalue weighted by Gasteiger charge is 2.51. The Hall–Kier alpha value is -2.23. The topological polar surface area (TPSA) is 230 Å². The van der Waals surface area contributed by atoms with Crippen LogP contribution < -0.4 is 0 Å². The molecule has 1 aliphatic carbocycles. The van der Waals surface area contributed by atoms with E-state index < -0.39 is 81.8 Å². The van der Waals surface area contributed by atoms with Gasteiger partial charge < -0.3 is 45.0 Å². The van der Waals surface area contributed by atoms with Crippen LogP contribution in [0, 0.1) is 0 Å². The zero-order valence-corrected chi connectivity index (χ0v) is 35.8. The van der Waals surface area contributed by atoms with Crippen molar-refractivity contribution in [1.29, 1.82) is 0 Å². The average molecular weight is 847 g/mol. The Balaban J connectivity index is 2.55. The van der Waals surface area contributed by atoms with E-state index in [4.69, 9.17) is 18.5 Å². The van der Waals surface area contributed by atoms with Crippen LogP contribution in [0.4, 0.5) is 0 Å². The van der Waals surface area contributed by atoms with Crippen molar-refractivity contribution in [3.8, 4) is 0 Å². The van der Waals surface area contributed by atoms with Crippen molar-refractivity contribution in [2.24, 2.45) is 0 Å². The first kappa shape index (κ1) is 53.8. The Bertz CT molecular complexity index is 1220. The lowest BCUT2D eigenvalue weighted by Gasteiger charge is -2.41. The van der Waals surface area contributed by atoms with Crippen LogP contribution >= 0.6 is 7.82 Å². The van der Waals surface area contributed by atoms with Crippen molar-refractivity contribution in [1.82, 2.24) is 0 Å². The fourth-order valence-electron chi connectivity index (χ4n) is 6.23. The van der Waals surface area contributed by atoms with Gasteiger partial charge in [-0.1, -0.05) is 127 Å². The first-order valence-electron chi connectivity index (χ1n) is 21.5. The predicted molar refractivity (Wildman–Crippen MR) is 222 cm³/mol. The van der Waals surface area contributed by atoms with Gasteiger partial charge in [-0.15, -0.1) is 0 Å². The van der Waals surface area contributed by atoms with E-state index in [1.165, 1.54) is 25.7 Å². The van der Waals surface area contributed by atoms with Crippen molar-refractivity contribution >= 4 is 19.8 Å². The van der Waals surface area contributed by atoms with Crippen LogP contribution in [0.2, 0.25) is 0 Å². The zero-order valence-electron chi connectivity index (χ0n) is 34.9. The number of hydrogen-bond donors (Lipinski definition) is 7. The Labute approximate surface area is 346 Å². The lowest BCUT2D eigenvalue weighted by Crippen LogP contribution is -2.64. The smallest absolute Gasteiger partial charge is 0.462 e. The molecule has 1 aliphatic rings. The summed E-state index contributed by atoms with van der Waals surface area (Å²) in [5.41, 5.74) is 0. The molecule has 0 spiro atoms. The number of carbonyl (C=O) groups excluding carboxylic acids is 2. The van der Waals surface area contributed by atoms with Gasteiger partial charge in [-0.2, -0.15) is 0 Å². The Morgan fingerprint density at radius 2 is 1.19 bits per heavy atom. The molecule has 0 bridgehead atoms. The summed E-state index contributed by atoms with van der Waals surface area (Å²) >= 11 is 0. The third-order valence-electron chi connectivity index (χ3n) is 9.76. The van der Waals surface area contributed by atoms with Crippen LogP contribution in [-0.2, 0) is 32.7 Å². The zero-order chi connectivity index (χ0) is 43.0. The number of ether oxygens (including phenoxy) is 2. The van der Waals surface area contributed by atoms with E-state index in [-0.39, 0.29) is 12.8 Å². The number of aliphatic hydroxyl groups excluding tert-OH is 6. The fraction of sp³-hybridized carbons (Fsp3) is 0.767. The number of unbranched alkanes of at least 4 members (excludes halogenated alkanes) is 13. The van der Waals surface area contributed by atoms with Gasteiger partial charge in [-0.3, -0.25) is 18.6 Å². The van der Waals surface area contributed by atoms with Crippen LogP contribution in [0.25, 0.3) is 0 Å². The minimum atomic E-state index is -5.14. The number of phosphoric acid groups is 1. The number of phosphoric ester groups is 1. The third-order valence-corrected chi connectivity index (χ3v) is 10.7. The van der Waals surface area contributed by atoms with Crippen LogP contribution in [-0.4, -0.2) is 110 Å². The molecular weight excluding hydrogens is 771 g/mol. The second-order valence-corrected chi connectivity index (χ2v) is 16.4. The van der Waals surface area contributed by atoms with E-state index in [1.54, 1.807) is 6.08 Å². The summed E-state index contributed by atoms with van der Waals surface area (Å²) in [6, 6.07) is 0. The van der Waals surface area contributed by atoms with Gasteiger partial charge in [0, 0.05) is 12.8 Å². The van der Waals surface area contributed by atoms with Crippen LogP contribution in [0.15, 0.2) is 48.6 Å². The molecule has 0 saturated heterocycles. The van der Waals surface area contributed by atoms with Crippen molar-refractivity contribution in [2.45, 2.75) is 198 Å². The lowest BCUT2D eigenvalue weighted by molar-refractivity contribution is -0.220. The Kier molecular flexibility index (Phi) is 31.1. The molecule has 0 aromatic carbocycles. The minimum absolute atomic E-state index is 0.0240. The summed E-state index contributed by atoms with van der Waals surface area (Å²) in [7, 11) is -5.14. The Morgan fingerprint density at radius 1 is 0.638 bits per heavy atom. The summed E-state index contributed by atoms with van der Waals surface area (Å²) < 4.78 is 33.4. The minimum Gasteiger partial charge on any atom is -0.462 e. The van der Waals surface area contributed by atoms with Gasteiger partial charge in [-0.05, 0) is 57.8 Å². The van der Waals surface area contributed by atoms with Crippen molar-refractivity contribution in [3.05, 3.63) is 48.6 Å². The third kappa shape index (κ3) is 26.1. The van der Waals surface area contributed by atoms with E-state index in [9.17, 15) is 49.7 Å². The number of hydrogen-bond acceptors (Lipinski definition) is 13. The van der Waals surface area contributed by atoms with E-state index in [0.717, 1.165) is 77.0 Å². The maximum atomic E-state index is 12.8. The molecular formula is C43H75O14P. The highest BCUT2D eigenvalue weighted by molar-refractivity contribution is 7.47. The molecule has 0 amide bonds. The van der Waals surface area contributed by atoms with E-state index in [0.29, 0.717) is 19.3 Å². The first-order valence-corrected chi connectivity index (χ1v) is 23.0. The highest BCUT2D eigenvalue weighted by atomic mass is 31.2. The molecule has 1 fully saturated rings. The lowest BCUT2D eigenvalue weighted by atomic mass is 9.85. The van der Waals surface area contributed by atoms with Gasteiger partial charge in [-0.25, -0.2) is 4.57 Å². The van der Waals surface area contributed by atoms with Gasteiger partial charge in [0.15, 0.2) is 6.10 Å². The molecule has 336 valence electrons. The van der Waals surface area contributed by atoms with Crippen LogP contribution in [0.1, 0.15) is 149 Å². The summed E-state index contributed by atoms with van der Waals surface area (Å²) in [6.07, 6.45) is 20.4. The molecule has 0 aliphatic heterocycles. The fourth-order valence-corrected chi connectivity index (χ4v) is 7.20.